The second-order valence-corrected chi connectivity index (χ2v) is 12.4. The Morgan fingerprint density at radius 1 is 1.24 bits per heavy atom. The monoisotopic (exact) mass is 633 g/mol. The Balaban J connectivity index is 1.53. The zero-order valence-corrected chi connectivity index (χ0v) is 25.5. The summed E-state index contributed by atoms with van der Waals surface area (Å²) in [5, 5.41) is 0. The van der Waals surface area contributed by atoms with Gasteiger partial charge in [0.1, 0.15) is 17.7 Å². The first-order chi connectivity index (χ1) is 21.2. The SMILES string of the molecule is [C-]#[N+]C[C@H]1CN(c2nc(OCC3(CN(C)C)CC3)nc3c2CC(C)N(c2c(F)cccc2C(F)(F)F)C3)CCN1C(=O)C(=C)F. The second kappa shape index (κ2) is 12.4. The van der Waals surface area contributed by atoms with Gasteiger partial charge in [-0.3, -0.25) is 4.79 Å². The van der Waals surface area contributed by atoms with E-state index in [9.17, 15) is 22.4 Å². The number of nitrogens with zero attached hydrogens (tertiary/aromatic N) is 7. The summed E-state index contributed by atoms with van der Waals surface area (Å²) in [6, 6.07) is 1.76. The minimum absolute atomic E-state index is 0.0465. The van der Waals surface area contributed by atoms with E-state index in [0.29, 0.717) is 23.7 Å². The minimum atomic E-state index is -4.77. The van der Waals surface area contributed by atoms with Crippen LogP contribution in [0.15, 0.2) is 30.6 Å². The van der Waals surface area contributed by atoms with Crippen molar-refractivity contribution in [3.63, 3.8) is 0 Å². The van der Waals surface area contributed by atoms with Crippen molar-refractivity contribution in [1.29, 1.82) is 0 Å². The molecule has 2 atom stereocenters. The van der Waals surface area contributed by atoms with Crippen LogP contribution in [0.25, 0.3) is 4.85 Å². The smallest absolute Gasteiger partial charge is 0.418 e. The summed E-state index contributed by atoms with van der Waals surface area (Å²) in [5.74, 6) is -2.49. The average molecular weight is 634 g/mol. The first-order valence-corrected chi connectivity index (χ1v) is 14.8. The number of ether oxygens (including phenoxy) is 1. The molecule has 1 aromatic carbocycles. The highest BCUT2D eigenvalue weighted by Crippen LogP contribution is 2.46. The van der Waals surface area contributed by atoms with Gasteiger partial charge >= 0.3 is 12.2 Å². The Bertz CT molecular complexity index is 1500. The Morgan fingerprint density at radius 3 is 2.60 bits per heavy atom. The fourth-order valence-corrected chi connectivity index (χ4v) is 6.37. The van der Waals surface area contributed by atoms with Gasteiger partial charge in [0, 0.05) is 43.2 Å². The zero-order valence-electron chi connectivity index (χ0n) is 25.5. The number of aromatic nitrogens is 2. The van der Waals surface area contributed by atoms with Crippen LogP contribution in [0.5, 0.6) is 6.01 Å². The fraction of sp³-hybridized carbons (Fsp3) is 0.548. The quantitative estimate of drug-likeness (QED) is 0.225. The van der Waals surface area contributed by atoms with Crippen LogP contribution in [-0.4, -0.2) is 91.2 Å². The van der Waals surface area contributed by atoms with Crippen molar-refractivity contribution >= 4 is 17.4 Å². The molecule has 1 amide bonds. The van der Waals surface area contributed by atoms with E-state index in [2.05, 4.69) is 21.3 Å². The van der Waals surface area contributed by atoms with Crippen LogP contribution in [0.1, 0.15) is 36.6 Å². The van der Waals surface area contributed by atoms with Gasteiger partial charge in [-0.1, -0.05) is 12.6 Å². The molecule has 14 heteroatoms. The molecule has 1 unspecified atom stereocenters. The average Bonchev–Trinajstić information content (AvgIpc) is 3.73. The Morgan fingerprint density at radius 2 is 1.98 bits per heavy atom. The van der Waals surface area contributed by atoms with Crippen molar-refractivity contribution < 1.29 is 31.5 Å². The van der Waals surface area contributed by atoms with Gasteiger partial charge in [-0.25, -0.2) is 15.4 Å². The number of anilines is 2. The number of alkyl halides is 3. The van der Waals surface area contributed by atoms with E-state index < -0.39 is 47.1 Å². The summed E-state index contributed by atoms with van der Waals surface area (Å²) in [7, 11) is 3.95. The van der Waals surface area contributed by atoms with Crippen molar-refractivity contribution in [3.8, 4) is 6.01 Å². The molecule has 1 saturated carbocycles. The number of hydrogen-bond donors (Lipinski definition) is 0. The number of carbonyl (C=O) groups is 1. The number of halogens is 5. The molecule has 45 heavy (non-hydrogen) atoms. The number of carbonyl (C=O) groups excluding carboxylic acids is 1. The highest BCUT2D eigenvalue weighted by Gasteiger charge is 2.45. The highest BCUT2D eigenvalue weighted by atomic mass is 19.4. The van der Waals surface area contributed by atoms with Crippen LogP contribution < -0.4 is 14.5 Å². The van der Waals surface area contributed by atoms with Crippen LogP contribution in [0.2, 0.25) is 0 Å². The molecule has 0 N–H and O–H groups in total. The molecular formula is C31H36F5N7O2. The molecule has 0 radical (unpaired) electrons. The maximum atomic E-state index is 15.1. The molecule has 0 bridgehead atoms. The third kappa shape index (κ3) is 6.83. The second-order valence-electron chi connectivity index (χ2n) is 12.4. The van der Waals surface area contributed by atoms with Gasteiger partial charge in [0.05, 0.1) is 30.1 Å². The molecule has 2 aliphatic heterocycles. The lowest BCUT2D eigenvalue weighted by atomic mass is 9.96. The van der Waals surface area contributed by atoms with E-state index in [4.69, 9.17) is 16.3 Å². The zero-order chi connectivity index (χ0) is 32.7. The number of amides is 1. The summed E-state index contributed by atoms with van der Waals surface area (Å²) >= 11 is 0. The first-order valence-electron chi connectivity index (χ1n) is 14.8. The first kappa shape index (κ1) is 32.4. The lowest BCUT2D eigenvalue weighted by Crippen LogP contribution is -2.57. The van der Waals surface area contributed by atoms with E-state index >= 15 is 4.39 Å². The third-order valence-corrected chi connectivity index (χ3v) is 8.67. The normalized spacial score (nSPS) is 20.9. The van der Waals surface area contributed by atoms with Crippen molar-refractivity contribution in [1.82, 2.24) is 19.8 Å². The van der Waals surface area contributed by atoms with E-state index in [1.165, 1.54) is 9.80 Å². The van der Waals surface area contributed by atoms with E-state index in [-0.39, 0.29) is 50.6 Å². The molecule has 5 rings (SSSR count). The van der Waals surface area contributed by atoms with Crippen molar-refractivity contribution in [2.45, 2.75) is 51.0 Å². The number of piperazine rings is 1. The van der Waals surface area contributed by atoms with E-state index in [0.717, 1.165) is 37.6 Å². The molecule has 1 aromatic heterocycles. The molecule has 0 spiro atoms. The number of rotatable bonds is 9. The largest absolute Gasteiger partial charge is 0.463 e. The highest BCUT2D eigenvalue weighted by molar-refractivity contribution is 5.91. The summed E-state index contributed by atoms with van der Waals surface area (Å²) in [6.07, 6.45) is -2.63. The Kier molecular flexibility index (Phi) is 8.95. The topological polar surface area (TPSA) is 69.4 Å². The van der Waals surface area contributed by atoms with Crippen molar-refractivity contribution in [3.05, 3.63) is 64.7 Å². The fourth-order valence-electron chi connectivity index (χ4n) is 6.37. The molecule has 3 heterocycles. The summed E-state index contributed by atoms with van der Waals surface area (Å²) < 4.78 is 77.0. The van der Waals surface area contributed by atoms with Crippen LogP contribution in [0, 0.1) is 17.8 Å². The van der Waals surface area contributed by atoms with Crippen LogP contribution >= 0.6 is 0 Å². The molecule has 1 aliphatic carbocycles. The number of hydrogen-bond acceptors (Lipinski definition) is 7. The lowest BCUT2D eigenvalue weighted by Gasteiger charge is -2.42. The molecule has 2 fully saturated rings. The van der Waals surface area contributed by atoms with Gasteiger partial charge in [-0.15, -0.1) is 0 Å². The maximum Gasteiger partial charge on any atom is 0.418 e. The minimum Gasteiger partial charge on any atom is -0.463 e. The molecule has 2 aromatic rings. The van der Waals surface area contributed by atoms with Crippen molar-refractivity contribution in [2.24, 2.45) is 5.41 Å². The summed E-state index contributed by atoms with van der Waals surface area (Å²) in [4.78, 5) is 31.9. The van der Waals surface area contributed by atoms with Crippen LogP contribution in [0.3, 0.4) is 0 Å². The van der Waals surface area contributed by atoms with Crippen molar-refractivity contribution in [2.75, 3.05) is 63.2 Å². The molecular weight excluding hydrogens is 597 g/mol. The lowest BCUT2D eigenvalue weighted by molar-refractivity contribution is -0.137. The van der Waals surface area contributed by atoms with Gasteiger partial charge in [0.15, 0.2) is 5.83 Å². The maximum absolute atomic E-state index is 15.1. The van der Waals surface area contributed by atoms with E-state index in [1.807, 2.05) is 19.0 Å². The van der Waals surface area contributed by atoms with Gasteiger partial charge < -0.3 is 29.2 Å². The summed E-state index contributed by atoms with van der Waals surface area (Å²) in [5.41, 5.74) is -0.592. The molecule has 242 valence electrons. The molecule has 9 nitrogen and oxygen atoms in total. The van der Waals surface area contributed by atoms with Crippen LogP contribution in [0.4, 0.5) is 33.5 Å². The number of benzene rings is 1. The Hall–Kier alpha value is -3.99. The predicted molar refractivity (Wildman–Crippen MR) is 158 cm³/mol. The van der Waals surface area contributed by atoms with Gasteiger partial charge in [-0.2, -0.15) is 23.1 Å². The molecule has 1 saturated heterocycles. The van der Waals surface area contributed by atoms with Gasteiger partial charge in [0.2, 0.25) is 6.54 Å². The van der Waals surface area contributed by atoms with Gasteiger partial charge in [-0.05, 0) is 52.4 Å². The number of para-hydroxylation sites is 1. The van der Waals surface area contributed by atoms with Crippen LogP contribution in [-0.2, 0) is 23.9 Å². The van der Waals surface area contributed by atoms with Gasteiger partial charge in [0.25, 0.3) is 5.91 Å². The predicted octanol–water partition coefficient (Wildman–Crippen LogP) is 4.73. The number of fused-ring (bicyclic) bond motifs is 1. The standard InChI is InChI=1S/C31H36F5N7O2/c1-19-13-22-25(16-43(19)26-23(31(34,35)36)7-6-8-24(26)33)38-29(45-18-30(9-10-30)17-40(4)5)39-27(22)41-11-12-42(28(44)20(2)32)21(15-41)14-37-3/h6-8,19,21H,2,9-18H2,1,4-5H3/t19?,21-/m0/s1. The third-order valence-electron chi connectivity index (χ3n) is 8.67. The Labute approximate surface area is 259 Å². The van der Waals surface area contributed by atoms with E-state index in [1.54, 1.807) is 6.92 Å². The molecule has 3 aliphatic rings. The summed E-state index contributed by atoms with van der Waals surface area (Å²) in [6.45, 7) is 13.7.